The number of benzene rings is 1. The molecule has 2 atom stereocenters. The first kappa shape index (κ1) is 29.2. The predicted octanol–water partition coefficient (Wildman–Crippen LogP) is 4.25. The number of carbonyl (C=O) groups is 3. The van der Waals surface area contributed by atoms with Gasteiger partial charge in [-0.1, -0.05) is 12.1 Å². The number of ether oxygens (including phenoxy) is 1. The van der Waals surface area contributed by atoms with Crippen LogP contribution in [0.5, 0.6) is 0 Å². The Kier molecular flexibility index (Phi) is 7.49. The van der Waals surface area contributed by atoms with E-state index in [2.05, 4.69) is 16.0 Å². The van der Waals surface area contributed by atoms with E-state index in [9.17, 15) is 19.6 Å². The smallest absolute Gasteiger partial charge is 0.410 e. The average molecular weight is 591 g/mol. The van der Waals surface area contributed by atoms with Crippen LogP contribution in [0.3, 0.4) is 0 Å². The first-order valence-electron chi connectivity index (χ1n) is 14.8. The van der Waals surface area contributed by atoms with Crippen molar-refractivity contribution in [3.8, 4) is 6.07 Å². The van der Waals surface area contributed by atoms with Crippen molar-refractivity contribution in [2.75, 3.05) is 13.1 Å². The summed E-state index contributed by atoms with van der Waals surface area (Å²) in [6.07, 6.45) is 7.06. The average Bonchev–Trinajstić information content (AvgIpc) is 3.33. The van der Waals surface area contributed by atoms with Crippen molar-refractivity contribution >= 4 is 23.6 Å². The van der Waals surface area contributed by atoms with E-state index in [4.69, 9.17) is 9.73 Å². The van der Waals surface area contributed by atoms with Gasteiger partial charge in [-0.3, -0.25) is 29.4 Å². The molecular weight excluding hydrogens is 556 g/mol. The van der Waals surface area contributed by atoms with E-state index in [1.54, 1.807) is 58.9 Å². The van der Waals surface area contributed by atoms with Crippen molar-refractivity contribution in [3.05, 3.63) is 95.6 Å². The van der Waals surface area contributed by atoms with Gasteiger partial charge in [-0.15, -0.1) is 0 Å². The molecule has 0 N–H and O–H groups in total. The van der Waals surface area contributed by atoms with Crippen molar-refractivity contribution in [1.29, 1.82) is 5.26 Å². The lowest BCUT2D eigenvalue weighted by atomic mass is 9.85. The highest BCUT2D eigenvalue weighted by Gasteiger charge is 2.65. The summed E-state index contributed by atoms with van der Waals surface area (Å²) in [5, 5.41) is 9.18. The molecular formula is C34H34N6O4. The monoisotopic (exact) mass is 590 g/mol. The summed E-state index contributed by atoms with van der Waals surface area (Å²) in [7, 11) is 0. The number of aromatic nitrogens is 2. The third-order valence-corrected chi connectivity index (χ3v) is 8.48. The molecule has 4 heterocycles. The van der Waals surface area contributed by atoms with Crippen molar-refractivity contribution in [2.24, 2.45) is 16.8 Å². The van der Waals surface area contributed by atoms with Gasteiger partial charge in [0.2, 0.25) is 0 Å². The molecule has 10 heteroatoms. The molecule has 3 aromatic rings. The fourth-order valence-corrected chi connectivity index (χ4v) is 6.42. The number of carbonyl (C=O) groups excluding carboxylic acids is 3. The van der Waals surface area contributed by atoms with E-state index in [0.29, 0.717) is 42.9 Å². The first-order chi connectivity index (χ1) is 21.1. The molecule has 6 rings (SSSR count). The number of pyridine rings is 2. The molecule has 3 aliphatic rings. The maximum atomic E-state index is 14.7. The molecule has 0 spiro atoms. The minimum absolute atomic E-state index is 0.0577. The number of hydrogen-bond donors (Lipinski definition) is 0. The molecule has 224 valence electrons. The normalized spacial score (nSPS) is 21.8. The number of aliphatic imine (C=N–C) groups is 1. The van der Waals surface area contributed by atoms with Crippen LogP contribution >= 0.6 is 0 Å². The van der Waals surface area contributed by atoms with E-state index in [-0.39, 0.29) is 42.1 Å². The minimum Gasteiger partial charge on any atom is -0.444 e. The number of hydrogen-bond acceptors (Lipinski definition) is 8. The summed E-state index contributed by atoms with van der Waals surface area (Å²) in [4.78, 5) is 57.9. The van der Waals surface area contributed by atoms with Gasteiger partial charge in [-0.2, -0.15) is 5.26 Å². The fraction of sp³-hybridized carbons (Fsp3) is 0.382. The maximum absolute atomic E-state index is 14.7. The van der Waals surface area contributed by atoms with Gasteiger partial charge in [0.25, 0.3) is 5.91 Å². The molecule has 2 amide bonds. The largest absolute Gasteiger partial charge is 0.444 e. The van der Waals surface area contributed by atoms with Gasteiger partial charge >= 0.3 is 6.09 Å². The van der Waals surface area contributed by atoms with Crippen LogP contribution in [0.15, 0.2) is 78.3 Å². The topological polar surface area (TPSA) is 129 Å². The number of nitrogens with zero attached hydrogens (tertiary/aromatic N) is 6. The Morgan fingerprint density at radius 3 is 1.98 bits per heavy atom. The van der Waals surface area contributed by atoms with Crippen molar-refractivity contribution in [2.45, 2.75) is 57.2 Å². The van der Waals surface area contributed by atoms with E-state index < -0.39 is 11.1 Å². The van der Waals surface area contributed by atoms with E-state index in [1.807, 2.05) is 45.0 Å². The standard InChI is InChI=1S/C34H34N6O4/c1-33(2,3)44-32(43)39-20-26-27(21-39)30(26)40-29(16-28(41)25-6-4-24(19-35)5-7-25)38-34(31(40)42,17-22-8-12-36-13-9-22)18-23-10-14-37-15-11-23/h4-15,26-27,30H,16-18,20-21H2,1-3H3. The molecule has 2 fully saturated rings. The molecule has 0 radical (unpaired) electrons. The molecule has 2 aliphatic heterocycles. The second kappa shape index (κ2) is 11.3. The highest BCUT2D eigenvalue weighted by molar-refractivity contribution is 6.17. The zero-order valence-electron chi connectivity index (χ0n) is 25.0. The second-order valence-corrected chi connectivity index (χ2v) is 12.8. The lowest BCUT2D eigenvalue weighted by molar-refractivity contribution is -0.132. The Morgan fingerprint density at radius 2 is 1.48 bits per heavy atom. The third kappa shape index (κ3) is 5.82. The Bertz CT molecular complexity index is 1590. The molecule has 0 bridgehead atoms. The highest BCUT2D eigenvalue weighted by Crippen LogP contribution is 2.52. The summed E-state index contributed by atoms with van der Waals surface area (Å²) in [6, 6.07) is 15.9. The van der Waals surface area contributed by atoms with E-state index in [1.165, 1.54) is 0 Å². The summed E-state index contributed by atoms with van der Waals surface area (Å²) >= 11 is 0. The van der Waals surface area contributed by atoms with E-state index in [0.717, 1.165) is 11.1 Å². The summed E-state index contributed by atoms with van der Waals surface area (Å²) in [6.45, 7) is 6.48. The van der Waals surface area contributed by atoms with Crippen molar-refractivity contribution < 1.29 is 19.1 Å². The van der Waals surface area contributed by atoms with Gasteiger partial charge in [0.1, 0.15) is 17.0 Å². The number of amidine groups is 1. The van der Waals surface area contributed by atoms with Gasteiger partial charge in [-0.05, 0) is 68.3 Å². The number of likely N-dealkylation sites (tertiary alicyclic amines) is 1. The van der Waals surface area contributed by atoms with Gasteiger partial charge in [0.15, 0.2) is 5.78 Å². The number of rotatable bonds is 8. The van der Waals surface area contributed by atoms with Gasteiger partial charge < -0.3 is 9.64 Å². The zero-order chi connectivity index (χ0) is 31.1. The van der Waals surface area contributed by atoms with Crippen LogP contribution in [0, 0.1) is 23.2 Å². The molecule has 1 aliphatic carbocycles. The number of ketones is 1. The van der Waals surface area contributed by atoms with Crippen molar-refractivity contribution in [1.82, 2.24) is 19.8 Å². The van der Waals surface area contributed by atoms with Crippen LogP contribution in [0.2, 0.25) is 0 Å². The summed E-state index contributed by atoms with van der Waals surface area (Å²) < 4.78 is 5.59. The number of piperidine rings is 1. The van der Waals surface area contributed by atoms with E-state index >= 15 is 0 Å². The van der Waals surface area contributed by atoms with Crippen LogP contribution in [0.1, 0.15) is 54.2 Å². The lowest BCUT2D eigenvalue weighted by Crippen LogP contribution is -2.49. The van der Waals surface area contributed by atoms with Crippen LogP contribution in [0.4, 0.5) is 4.79 Å². The van der Waals surface area contributed by atoms with Crippen LogP contribution in [0.25, 0.3) is 0 Å². The fourth-order valence-electron chi connectivity index (χ4n) is 6.42. The predicted molar refractivity (Wildman–Crippen MR) is 162 cm³/mol. The highest BCUT2D eigenvalue weighted by atomic mass is 16.6. The molecule has 44 heavy (non-hydrogen) atoms. The van der Waals surface area contributed by atoms with Gasteiger partial charge in [-0.25, -0.2) is 4.79 Å². The first-order valence-corrected chi connectivity index (χ1v) is 14.8. The molecule has 1 saturated heterocycles. The van der Waals surface area contributed by atoms with Crippen LogP contribution in [-0.2, 0) is 22.4 Å². The molecule has 2 aromatic heterocycles. The quantitative estimate of drug-likeness (QED) is 0.359. The number of Topliss-reactive ketones (excluding diaryl/α,β-unsaturated/α-hetero) is 1. The lowest BCUT2D eigenvalue weighted by Gasteiger charge is -2.30. The SMILES string of the molecule is CC(C)(C)OC(=O)N1CC2C(C1)C2N1C(=O)C(Cc2ccncc2)(Cc2ccncc2)N=C1CC(=O)c1ccc(C#N)cc1. The minimum atomic E-state index is -1.16. The second-order valence-electron chi connectivity index (χ2n) is 12.8. The Balaban J connectivity index is 1.33. The summed E-state index contributed by atoms with van der Waals surface area (Å²) in [5.74, 6) is 0.252. The zero-order valence-corrected chi connectivity index (χ0v) is 25.0. The maximum Gasteiger partial charge on any atom is 0.410 e. The van der Waals surface area contributed by atoms with Crippen molar-refractivity contribution in [3.63, 3.8) is 0 Å². The summed E-state index contributed by atoms with van der Waals surface area (Å²) in [5.41, 5.74) is 0.984. The van der Waals surface area contributed by atoms with Gasteiger partial charge in [0.05, 0.1) is 18.1 Å². The Labute approximate surface area is 256 Å². The van der Waals surface area contributed by atoms with Crippen LogP contribution < -0.4 is 0 Å². The number of nitriles is 1. The molecule has 1 saturated carbocycles. The Morgan fingerprint density at radius 1 is 0.932 bits per heavy atom. The van der Waals surface area contributed by atoms with Crippen LogP contribution in [-0.4, -0.2) is 73.7 Å². The molecule has 1 aromatic carbocycles. The molecule has 2 unspecified atom stereocenters. The third-order valence-electron chi connectivity index (χ3n) is 8.48. The Hall–Kier alpha value is -4.91. The molecule has 10 nitrogen and oxygen atoms in total. The number of fused-ring (bicyclic) bond motifs is 1. The van der Waals surface area contributed by atoms with Gasteiger partial charge in [0, 0.05) is 74.2 Å². The number of amides is 2.